The highest BCUT2D eigenvalue weighted by Crippen LogP contribution is 2.24. The molecule has 0 aliphatic carbocycles. The molecule has 0 unspecified atom stereocenters. The number of hydrazine groups is 1. The quantitative estimate of drug-likeness (QED) is 0.0280. The number of hydrogen-bond acceptors (Lipinski definition) is 18. The summed E-state index contributed by atoms with van der Waals surface area (Å²) < 4.78 is 56.0. The highest BCUT2D eigenvalue weighted by molar-refractivity contribution is 6.41. The predicted molar refractivity (Wildman–Crippen MR) is 304 cm³/mol. The van der Waals surface area contributed by atoms with E-state index in [9.17, 15) is 0 Å². The first-order valence-electron chi connectivity index (χ1n) is 27.0. The molecule has 1 aromatic carbocycles. The lowest BCUT2D eigenvalue weighted by atomic mass is 9.97. The maximum absolute atomic E-state index is 7.14. The molecule has 1 rings (SSSR count). The molecule has 0 amide bonds. The summed E-state index contributed by atoms with van der Waals surface area (Å²) in [6.45, 7) is 39.9. The Morgan fingerprint density at radius 2 is 0.703 bits per heavy atom. The number of benzene rings is 1. The third-order valence-corrected chi connectivity index (χ3v) is 10.8. The van der Waals surface area contributed by atoms with Crippen LogP contribution < -0.4 is 23.3 Å². The Hall–Kier alpha value is -3.56. The molecule has 0 aliphatic heterocycles. The second kappa shape index (κ2) is 37.3. The second-order valence-electron chi connectivity index (χ2n) is 22.6. The van der Waals surface area contributed by atoms with Crippen molar-refractivity contribution < 1.29 is 42.6 Å². The number of nitrogens with zero attached hydrogens (tertiary/aromatic N) is 5. The van der Waals surface area contributed by atoms with Gasteiger partial charge in [0.1, 0.15) is 28.0 Å². The number of hydrazone groups is 2. The Labute approximate surface area is 448 Å². The first-order chi connectivity index (χ1) is 35.0. The summed E-state index contributed by atoms with van der Waals surface area (Å²) in [5.74, 6) is 21.8. The molecular weight excluding hydrogens is 943 g/mol. The smallest absolute Gasteiger partial charge is 0.130 e. The van der Waals surface area contributed by atoms with Crippen LogP contribution in [-0.4, -0.2) is 164 Å². The first kappa shape index (κ1) is 68.5. The molecule has 74 heavy (non-hydrogen) atoms. The van der Waals surface area contributed by atoms with Gasteiger partial charge in [0.15, 0.2) is 0 Å². The van der Waals surface area contributed by atoms with Gasteiger partial charge in [-0.25, -0.2) is 5.84 Å². The van der Waals surface area contributed by atoms with Gasteiger partial charge in [-0.1, -0.05) is 96.9 Å². The van der Waals surface area contributed by atoms with E-state index in [0.29, 0.717) is 123 Å². The zero-order valence-corrected chi connectivity index (χ0v) is 49.0. The summed E-state index contributed by atoms with van der Waals surface area (Å²) in [4.78, 5) is 10.3. The normalized spacial score (nSPS) is 13.9. The van der Waals surface area contributed by atoms with Gasteiger partial charge in [0.2, 0.25) is 0 Å². The van der Waals surface area contributed by atoms with E-state index in [1.165, 1.54) is 0 Å². The fourth-order valence-electron chi connectivity index (χ4n) is 7.01. The highest BCUT2D eigenvalue weighted by Gasteiger charge is 2.37. The molecule has 8 N–H and O–H groups in total. The van der Waals surface area contributed by atoms with Crippen molar-refractivity contribution in [2.45, 2.75) is 127 Å². The minimum absolute atomic E-state index is 0.210. The van der Waals surface area contributed by atoms with Gasteiger partial charge >= 0.3 is 0 Å². The van der Waals surface area contributed by atoms with Gasteiger partial charge in [-0.2, -0.15) is 10.2 Å². The Balaban J connectivity index is 4.38. The van der Waals surface area contributed by atoms with E-state index < -0.39 is 16.6 Å². The molecule has 0 spiro atoms. The summed E-state index contributed by atoms with van der Waals surface area (Å²) in [6.07, 6.45) is 4.93. The standard InChI is InChI=1S/C56H105N9O9/c1-17-66-32-54(33-68-25-41(3)4,34-69-26-42(5)6)61-22-52(63-58)49-19-48(51(57)24-65(60)56(38-67-18-2,39-73-30-46(13)14)40-74-31-47(15)16)20-50(21-49)53(64-59)23-62-55(35-70-27-43(7)8,36-71-28-44(9)10)37-72-29-45(11)12/h19-24,41-47H,17-18,25-40,57-60H2,1-16H3/b51-24-,61-22?,62-23?,63-52?,64-53?. The molecule has 0 aliphatic rings. The van der Waals surface area contributed by atoms with Gasteiger partial charge in [0.25, 0.3) is 0 Å². The van der Waals surface area contributed by atoms with Crippen LogP contribution in [0, 0.1) is 41.4 Å². The minimum atomic E-state index is -0.951. The van der Waals surface area contributed by atoms with Crippen LogP contribution in [0.5, 0.6) is 0 Å². The molecule has 0 aromatic heterocycles. The largest absolute Gasteiger partial charge is 0.397 e. The molecule has 0 heterocycles. The Bertz CT molecular complexity index is 1740. The number of rotatable bonds is 43. The number of hydrogen-bond donors (Lipinski definition) is 4. The van der Waals surface area contributed by atoms with Gasteiger partial charge in [-0.15, -0.1) is 0 Å². The van der Waals surface area contributed by atoms with Crippen LogP contribution in [0.3, 0.4) is 0 Å². The fraction of sp³-hybridized carbons (Fsp3) is 0.786. The zero-order valence-electron chi connectivity index (χ0n) is 49.0. The van der Waals surface area contributed by atoms with E-state index in [4.69, 9.17) is 75.9 Å². The van der Waals surface area contributed by atoms with E-state index in [2.05, 4.69) is 107 Å². The highest BCUT2D eigenvalue weighted by atomic mass is 16.5. The average molecular weight is 1050 g/mol. The number of nitrogens with two attached hydrogens (primary N) is 4. The van der Waals surface area contributed by atoms with E-state index in [0.717, 1.165) is 0 Å². The van der Waals surface area contributed by atoms with Crippen molar-refractivity contribution in [3.63, 3.8) is 0 Å². The molecule has 0 saturated heterocycles. The van der Waals surface area contributed by atoms with Crippen molar-refractivity contribution in [3.05, 3.63) is 41.1 Å². The topological polar surface area (TPSA) is 240 Å². The van der Waals surface area contributed by atoms with Crippen LogP contribution in [0.4, 0.5) is 0 Å². The lowest BCUT2D eigenvalue weighted by molar-refractivity contribution is -0.0889. The average Bonchev–Trinajstić information content (AvgIpc) is 3.31. The van der Waals surface area contributed by atoms with Crippen molar-refractivity contribution in [3.8, 4) is 0 Å². The molecule has 0 saturated carbocycles. The molecular formula is C56H105N9O9. The lowest BCUT2D eigenvalue weighted by Crippen LogP contribution is -2.60. The maximum Gasteiger partial charge on any atom is 0.130 e. The van der Waals surface area contributed by atoms with E-state index in [1.54, 1.807) is 23.6 Å². The molecule has 0 radical (unpaired) electrons. The third-order valence-electron chi connectivity index (χ3n) is 10.8. The van der Waals surface area contributed by atoms with E-state index in [1.807, 2.05) is 32.0 Å². The van der Waals surface area contributed by atoms with E-state index in [-0.39, 0.29) is 71.3 Å². The van der Waals surface area contributed by atoms with Crippen LogP contribution in [0.15, 0.2) is 44.6 Å². The Kier molecular flexibility index (Phi) is 34.5. The van der Waals surface area contributed by atoms with Gasteiger partial charge in [0, 0.05) is 82.4 Å². The monoisotopic (exact) mass is 1050 g/mol. The summed E-state index contributed by atoms with van der Waals surface area (Å²) in [5, 5.41) is 10.1. The van der Waals surface area contributed by atoms with Gasteiger partial charge in [0.05, 0.1) is 77.6 Å². The first-order valence-corrected chi connectivity index (χ1v) is 27.0. The zero-order chi connectivity index (χ0) is 55.7. The van der Waals surface area contributed by atoms with Crippen molar-refractivity contribution in [2.24, 2.45) is 84.9 Å². The Morgan fingerprint density at radius 3 is 0.986 bits per heavy atom. The van der Waals surface area contributed by atoms with Gasteiger partial charge in [-0.3, -0.25) is 9.98 Å². The van der Waals surface area contributed by atoms with Crippen molar-refractivity contribution in [1.82, 2.24) is 5.01 Å². The van der Waals surface area contributed by atoms with Crippen LogP contribution in [-0.2, 0) is 42.6 Å². The SMILES string of the molecule is CCOCC(COCC(C)C)(COCC(C)C)N=CC(=NN)c1cc(C(C=NC(COCC(C)C)(COCC(C)C)COCC(C)C)=NN)cc(/C(N)=C/N(N)C(COCC)(COCC(C)C)COCC(C)C)c1. The van der Waals surface area contributed by atoms with Crippen molar-refractivity contribution in [2.75, 3.05) is 119 Å². The van der Waals surface area contributed by atoms with Crippen molar-refractivity contribution in [1.29, 1.82) is 0 Å². The molecule has 0 bridgehead atoms. The molecule has 428 valence electrons. The Morgan fingerprint density at radius 1 is 0.446 bits per heavy atom. The second-order valence-corrected chi connectivity index (χ2v) is 22.6. The van der Waals surface area contributed by atoms with Gasteiger partial charge < -0.3 is 65.1 Å². The third kappa shape index (κ3) is 28.0. The van der Waals surface area contributed by atoms with Crippen molar-refractivity contribution >= 4 is 29.5 Å². The number of aliphatic imine (C=N–C) groups is 2. The minimum Gasteiger partial charge on any atom is -0.397 e. The molecule has 0 atom stereocenters. The summed E-state index contributed by atoms with van der Waals surface area (Å²) in [5.41, 5.74) is 6.89. The molecule has 18 nitrogen and oxygen atoms in total. The fourth-order valence-corrected chi connectivity index (χ4v) is 7.01. The van der Waals surface area contributed by atoms with E-state index >= 15 is 0 Å². The summed E-state index contributed by atoms with van der Waals surface area (Å²) >= 11 is 0. The van der Waals surface area contributed by atoms with Crippen LogP contribution in [0.2, 0.25) is 0 Å². The van der Waals surface area contributed by atoms with Crippen LogP contribution in [0.25, 0.3) is 5.70 Å². The molecule has 18 heteroatoms. The summed E-state index contributed by atoms with van der Waals surface area (Å²) in [6, 6.07) is 5.59. The summed E-state index contributed by atoms with van der Waals surface area (Å²) in [7, 11) is 0. The van der Waals surface area contributed by atoms with Gasteiger partial charge in [-0.05, 0) is 73.5 Å². The van der Waals surface area contributed by atoms with Crippen LogP contribution >= 0.6 is 0 Å². The molecule has 1 aromatic rings. The predicted octanol–water partition coefficient (Wildman–Crippen LogP) is 7.58. The number of ether oxygens (including phenoxy) is 9. The lowest BCUT2D eigenvalue weighted by Gasteiger charge is -2.40. The molecule has 0 fully saturated rings. The van der Waals surface area contributed by atoms with Crippen LogP contribution in [0.1, 0.15) is 127 Å². The maximum atomic E-state index is 7.14.